The third kappa shape index (κ3) is 5.63. The van der Waals surface area contributed by atoms with Gasteiger partial charge in [0.25, 0.3) is 0 Å². The number of esters is 1. The summed E-state index contributed by atoms with van der Waals surface area (Å²) >= 11 is 0. The molecular weight excluding hydrogens is 258 g/mol. The molecule has 0 radical (unpaired) electrons. The van der Waals surface area contributed by atoms with E-state index in [-0.39, 0.29) is 17.9 Å². The first-order valence-corrected chi connectivity index (χ1v) is 7.06. The Hall–Kier alpha value is -1.52. The lowest BCUT2D eigenvalue weighted by atomic mass is 9.89. The monoisotopic (exact) mass is 283 g/mol. The van der Waals surface area contributed by atoms with Crippen LogP contribution in [-0.4, -0.2) is 30.8 Å². The van der Waals surface area contributed by atoms with Crippen LogP contribution in [0.1, 0.15) is 46.5 Å². The van der Waals surface area contributed by atoms with Gasteiger partial charge >= 0.3 is 12.1 Å². The average molecular weight is 283 g/mol. The Labute approximate surface area is 120 Å². The van der Waals surface area contributed by atoms with Crippen LogP contribution in [0.25, 0.3) is 0 Å². The molecular formula is C15H25NO4. The fraction of sp³-hybridized carbons (Fsp3) is 0.733. The second-order valence-electron chi connectivity index (χ2n) is 6.01. The molecule has 5 heteroatoms. The summed E-state index contributed by atoms with van der Waals surface area (Å²) in [6.45, 7) is 5.43. The minimum absolute atomic E-state index is 0.248. The summed E-state index contributed by atoms with van der Waals surface area (Å²) in [7, 11) is 1.38. The minimum atomic E-state index is -0.549. The van der Waals surface area contributed by atoms with Gasteiger partial charge in [-0.3, -0.25) is 4.79 Å². The number of carbonyl (C=O) groups excluding carboxylic acids is 2. The Bertz CT molecular complexity index is 371. The summed E-state index contributed by atoms with van der Waals surface area (Å²) < 4.78 is 10.1. The first-order chi connectivity index (χ1) is 9.33. The van der Waals surface area contributed by atoms with Gasteiger partial charge in [0.05, 0.1) is 13.0 Å². The number of hydrogen-bond donors (Lipinski definition) is 1. The molecule has 114 valence electrons. The highest BCUT2D eigenvalue weighted by atomic mass is 16.6. The highest BCUT2D eigenvalue weighted by Gasteiger charge is 2.31. The Kier molecular flexibility index (Phi) is 6.05. The molecule has 0 unspecified atom stereocenters. The first-order valence-electron chi connectivity index (χ1n) is 7.06. The second-order valence-corrected chi connectivity index (χ2v) is 6.01. The van der Waals surface area contributed by atoms with Gasteiger partial charge in [-0.1, -0.05) is 12.2 Å². The maximum atomic E-state index is 11.9. The van der Waals surface area contributed by atoms with Crippen molar-refractivity contribution in [1.29, 1.82) is 0 Å². The number of ether oxygens (including phenoxy) is 2. The third-order valence-electron chi connectivity index (χ3n) is 3.15. The Morgan fingerprint density at radius 2 is 1.75 bits per heavy atom. The molecule has 0 bridgehead atoms. The lowest BCUT2D eigenvalue weighted by molar-refractivity contribution is -0.146. The van der Waals surface area contributed by atoms with Gasteiger partial charge in [-0.2, -0.15) is 0 Å². The van der Waals surface area contributed by atoms with E-state index in [1.807, 2.05) is 20.8 Å². The van der Waals surface area contributed by atoms with Crippen molar-refractivity contribution >= 4 is 12.1 Å². The number of alkyl carbamates (subject to hydrolysis) is 1. The van der Waals surface area contributed by atoms with Crippen LogP contribution in [0.5, 0.6) is 0 Å². The SMILES string of the molecule is COC(=O)[C@H]1CC/C=C\CC[C@H]1NC(=O)OC(C)(C)C. The predicted molar refractivity (Wildman–Crippen MR) is 76.3 cm³/mol. The lowest BCUT2D eigenvalue weighted by Gasteiger charge is -2.28. The number of nitrogens with one attached hydrogen (secondary N) is 1. The molecule has 0 fully saturated rings. The van der Waals surface area contributed by atoms with E-state index in [4.69, 9.17) is 9.47 Å². The normalized spacial score (nSPS) is 25.0. The Morgan fingerprint density at radius 1 is 1.15 bits per heavy atom. The van der Waals surface area contributed by atoms with E-state index >= 15 is 0 Å². The first kappa shape index (κ1) is 16.5. The van der Waals surface area contributed by atoms with Gasteiger partial charge in [-0.15, -0.1) is 0 Å². The van der Waals surface area contributed by atoms with Crippen LogP contribution in [0.4, 0.5) is 4.79 Å². The summed E-state index contributed by atoms with van der Waals surface area (Å²) in [5.41, 5.74) is -0.549. The number of rotatable bonds is 2. The smallest absolute Gasteiger partial charge is 0.407 e. The van der Waals surface area contributed by atoms with Crippen LogP contribution in [0.15, 0.2) is 12.2 Å². The number of carbonyl (C=O) groups is 2. The number of hydrogen-bond acceptors (Lipinski definition) is 4. The predicted octanol–water partition coefficient (Wildman–Crippen LogP) is 2.80. The van der Waals surface area contributed by atoms with E-state index in [9.17, 15) is 9.59 Å². The van der Waals surface area contributed by atoms with Crippen LogP contribution in [0, 0.1) is 5.92 Å². The highest BCUT2D eigenvalue weighted by Crippen LogP contribution is 2.21. The molecule has 0 aromatic rings. The molecule has 0 heterocycles. The van der Waals surface area contributed by atoms with E-state index in [2.05, 4.69) is 17.5 Å². The number of allylic oxidation sites excluding steroid dienone is 2. The Balaban J connectivity index is 2.72. The zero-order valence-corrected chi connectivity index (χ0v) is 12.8. The van der Waals surface area contributed by atoms with Crippen LogP contribution < -0.4 is 5.32 Å². The quantitative estimate of drug-likeness (QED) is 0.625. The zero-order chi connectivity index (χ0) is 15.2. The number of amides is 1. The van der Waals surface area contributed by atoms with Gasteiger partial charge < -0.3 is 14.8 Å². The maximum absolute atomic E-state index is 11.9. The van der Waals surface area contributed by atoms with E-state index in [1.165, 1.54) is 7.11 Å². The molecule has 5 nitrogen and oxygen atoms in total. The van der Waals surface area contributed by atoms with Gasteiger partial charge in [0.2, 0.25) is 0 Å². The van der Waals surface area contributed by atoms with Crippen molar-refractivity contribution < 1.29 is 19.1 Å². The summed E-state index contributed by atoms with van der Waals surface area (Å²) in [6.07, 6.45) is 6.68. The zero-order valence-electron chi connectivity index (χ0n) is 12.8. The molecule has 1 rings (SSSR count). The molecule has 0 aromatic carbocycles. The largest absolute Gasteiger partial charge is 0.469 e. The molecule has 1 N–H and O–H groups in total. The van der Waals surface area contributed by atoms with Crippen molar-refractivity contribution in [3.8, 4) is 0 Å². The molecule has 0 saturated carbocycles. The fourth-order valence-electron chi connectivity index (χ4n) is 2.25. The van der Waals surface area contributed by atoms with Crippen LogP contribution in [0.2, 0.25) is 0 Å². The summed E-state index contributed by atoms with van der Waals surface area (Å²) in [5, 5.41) is 2.81. The molecule has 2 atom stereocenters. The van der Waals surface area contributed by atoms with Crippen molar-refractivity contribution in [2.75, 3.05) is 7.11 Å². The summed E-state index contributed by atoms with van der Waals surface area (Å²) in [4.78, 5) is 23.7. The molecule has 1 aliphatic carbocycles. The maximum Gasteiger partial charge on any atom is 0.407 e. The molecule has 0 spiro atoms. The van der Waals surface area contributed by atoms with Gasteiger partial charge in [-0.05, 0) is 46.5 Å². The van der Waals surface area contributed by atoms with Crippen molar-refractivity contribution in [3.05, 3.63) is 12.2 Å². The van der Waals surface area contributed by atoms with Gasteiger partial charge in [0.1, 0.15) is 5.60 Å². The van der Waals surface area contributed by atoms with Crippen molar-refractivity contribution in [2.24, 2.45) is 5.92 Å². The average Bonchev–Trinajstić information content (AvgIpc) is 2.30. The molecule has 1 aliphatic rings. The van der Waals surface area contributed by atoms with E-state index in [1.54, 1.807) is 0 Å². The second kappa shape index (κ2) is 7.31. The summed E-state index contributed by atoms with van der Waals surface area (Å²) in [5.74, 6) is -0.598. The highest BCUT2D eigenvalue weighted by molar-refractivity contribution is 5.75. The van der Waals surface area contributed by atoms with Crippen LogP contribution in [-0.2, 0) is 14.3 Å². The van der Waals surface area contributed by atoms with Crippen LogP contribution >= 0.6 is 0 Å². The molecule has 0 saturated heterocycles. The van der Waals surface area contributed by atoms with Crippen molar-refractivity contribution in [3.63, 3.8) is 0 Å². The Morgan fingerprint density at radius 3 is 2.30 bits per heavy atom. The molecule has 20 heavy (non-hydrogen) atoms. The molecule has 1 amide bonds. The van der Waals surface area contributed by atoms with Gasteiger partial charge in [-0.25, -0.2) is 4.79 Å². The summed E-state index contributed by atoms with van der Waals surface area (Å²) in [6, 6.07) is -0.248. The molecule has 0 aliphatic heterocycles. The minimum Gasteiger partial charge on any atom is -0.469 e. The van der Waals surface area contributed by atoms with Gasteiger partial charge in [0.15, 0.2) is 0 Å². The van der Waals surface area contributed by atoms with Crippen molar-refractivity contribution in [2.45, 2.75) is 58.1 Å². The topological polar surface area (TPSA) is 64.6 Å². The number of methoxy groups -OCH3 is 1. The molecule has 0 aromatic heterocycles. The third-order valence-corrected chi connectivity index (χ3v) is 3.15. The van der Waals surface area contributed by atoms with Crippen molar-refractivity contribution in [1.82, 2.24) is 5.32 Å². The fourth-order valence-corrected chi connectivity index (χ4v) is 2.25. The van der Waals surface area contributed by atoms with E-state index in [0.717, 1.165) is 12.8 Å². The van der Waals surface area contributed by atoms with E-state index < -0.39 is 11.7 Å². The lowest BCUT2D eigenvalue weighted by Crippen LogP contribution is -2.45. The van der Waals surface area contributed by atoms with E-state index in [0.29, 0.717) is 12.8 Å². The van der Waals surface area contributed by atoms with Gasteiger partial charge in [0, 0.05) is 6.04 Å². The van der Waals surface area contributed by atoms with Crippen LogP contribution in [0.3, 0.4) is 0 Å². The standard InChI is InChI=1S/C15H25NO4/c1-15(2,3)20-14(18)16-12-10-8-6-5-7-9-11(12)13(17)19-4/h5-6,11-12H,7-10H2,1-4H3,(H,16,18)/b6-5-/t11-,12+/m0/s1.